The van der Waals surface area contributed by atoms with Gasteiger partial charge in [0, 0.05) is 16.0 Å². The lowest BCUT2D eigenvalue weighted by molar-refractivity contribution is -0.137. The number of amides is 1. The number of fused-ring (bicyclic) bond motifs is 1. The fraction of sp³-hybridized carbons (Fsp3) is 0.0870. The van der Waals surface area contributed by atoms with Crippen LogP contribution < -0.4 is 11.0 Å². The Hall–Kier alpha value is -3.65. The molecule has 0 bridgehead atoms. The number of carbonyl (C=O) groups excluding carboxylic acids is 1. The van der Waals surface area contributed by atoms with E-state index in [1.54, 1.807) is 48.5 Å². The summed E-state index contributed by atoms with van der Waals surface area (Å²) in [6.07, 6.45) is -4.88. The van der Waals surface area contributed by atoms with Crippen LogP contribution in [0.3, 0.4) is 0 Å². The lowest BCUT2D eigenvalue weighted by Crippen LogP contribution is -2.36. The highest BCUT2D eigenvalue weighted by Gasteiger charge is 2.30. The minimum Gasteiger partial charge on any atom is -0.273 e. The van der Waals surface area contributed by atoms with Crippen LogP contribution in [0.2, 0.25) is 5.02 Å². The van der Waals surface area contributed by atoms with Gasteiger partial charge >= 0.3 is 6.18 Å². The highest BCUT2D eigenvalue weighted by molar-refractivity contribution is 6.30. The van der Waals surface area contributed by atoms with E-state index in [4.69, 9.17) is 11.6 Å². The third-order valence-electron chi connectivity index (χ3n) is 4.77. The molecule has 5 nitrogen and oxygen atoms in total. The van der Waals surface area contributed by atoms with Gasteiger partial charge in [0.25, 0.3) is 5.56 Å². The van der Waals surface area contributed by atoms with Crippen molar-refractivity contribution < 1.29 is 18.0 Å². The standard InChI is InChI=1S/C23H15ClF3N3O2/c24-17-10-8-15(9-11-17)21-18-6-1-2-7-19(18)22(32)30(29-21)28-20(31)13-14-4-3-5-16(12-14)23(25,26)27/h1-12H,13H2,(H,28,31). The SMILES string of the molecule is O=C(Cc1cccc(C(F)(F)F)c1)Nn1nc(-c2ccc(Cl)cc2)c2ccccc2c1=O. The van der Waals surface area contributed by atoms with Gasteiger partial charge in [-0.2, -0.15) is 13.2 Å². The number of nitrogens with zero attached hydrogens (tertiary/aromatic N) is 2. The first-order valence-corrected chi connectivity index (χ1v) is 9.84. The number of alkyl halides is 3. The summed E-state index contributed by atoms with van der Waals surface area (Å²) >= 11 is 5.96. The molecule has 1 amide bonds. The molecule has 0 aliphatic rings. The zero-order valence-electron chi connectivity index (χ0n) is 16.4. The molecule has 0 saturated carbocycles. The number of hydrogen-bond donors (Lipinski definition) is 1. The van der Waals surface area contributed by atoms with Gasteiger partial charge < -0.3 is 0 Å². The van der Waals surface area contributed by atoms with E-state index in [2.05, 4.69) is 10.5 Å². The third-order valence-corrected chi connectivity index (χ3v) is 5.02. The van der Waals surface area contributed by atoms with E-state index in [-0.39, 0.29) is 12.0 Å². The normalized spacial score (nSPS) is 11.5. The fourth-order valence-corrected chi connectivity index (χ4v) is 3.41. The number of nitrogens with one attached hydrogen (secondary N) is 1. The predicted octanol–water partition coefficient (Wildman–Crippen LogP) is 5.05. The van der Waals surface area contributed by atoms with Crippen molar-refractivity contribution in [3.63, 3.8) is 0 Å². The number of aromatic nitrogens is 2. The molecule has 4 aromatic rings. The molecule has 1 N–H and O–H groups in total. The summed E-state index contributed by atoms with van der Waals surface area (Å²) in [6, 6.07) is 18.1. The number of benzene rings is 3. The Morgan fingerprint density at radius 2 is 1.66 bits per heavy atom. The maximum absolute atomic E-state index is 12.9. The Balaban J connectivity index is 1.69. The number of hydrogen-bond acceptors (Lipinski definition) is 3. The topological polar surface area (TPSA) is 64.0 Å². The van der Waals surface area contributed by atoms with Crippen molar-refractivity contribution in [1.82, 2.24) is 9.89 Å². The van der Waals surface area contributed by atoms with Gasteiger partial charge in [0.15, 0.2) is 0 Å². The number of carbonyl (C=O) groups is 1. The van der Waals surface area contributed by atoms with Crippen LogP contribution in [0.25, 0.3) is 22.0 Å². The highest BCUT2D eigenvalue weighted by Crippen LogP contribution is 2.29. The van der Waals surface area contributed by atoms with E-state index in [1.807, 2.05) is 0 Å². The maximum atomic E-state index is 12.9. The molecule has 9 heteroatoms. The quantitative estimate of drug-likeness (QED) is 0.466. The van der Waals surface area contributed by atoms with Crippen molar-refractivity contribution in [2.45, 2.75) is 12.6 Å². The van der Waals surface area contributed by atoms with Crippen molar-refractivity contribution in [3.05, 3.63) is 99.3 Å². The van der Waals surface area contributed by atoms with Crippen molar-refractivity contribution in [2.24, 2.45) is 0 Å². The molecule has 0 aliphatic heterocycles. The van der Waals surface area contributed by atoms with Crippen LogP contribution in [0.1, 0.15) is 11.1 Å². The lowest BCUT2D eigenvalue weighted by atomic mass is 10.1. The van der Waals surface area contributed by atoms with E-state index in [9.17, 15) is 22.8 Å². The monoisotopic (exact) mass is 457 g/mol. The Labute approximate surface area is 185 Å². The molecule has 1 heterocycles. The Morgan fingerprint density at radius 3 is 2.34 bits per heavy atom. The fourth-order valence-electron chi connectivity index (χ4n) is 3.29. The molecule has 3 aromatic carbocycles. The molecule has 0 fully saturated rings. The van der Waals surface area contributed by atoms with Crippen molar-refractivity contribution in [2.75, 3.05) is 5.43 Å². The van der Waals surface area contributed by atoms with E-state index in [0.717, 1.165) is 16.9 Å². The first-order valence-electron chi connectivity index (χ1n) is 9.46. The second-order valence-electron chi connectivity index (χ2n) is 7.03. The average molecular weight is 458 g/mol. The van der Waals surface area contributed by atoms with E-state index < -0.39 is 23.2 Å². The minimum absolute atomic E-state index is 0.157. The van der Waals surface area contributed by atoms with Gasteiger partial charge in [-0.1, -0.05) is 60.1 Å². The summed E-state index contributed by atoms with van der Waals surface area (Å²) in [7, 11) is 0. The van der Waals surface area contributed by atoms with Crippen LogP contribution in [0.15, 0.2) is 77.6 Å². The smallest absolute Gasteiger partial charge is 0.273 e. The van der Waals surface area contributed by atoms with Crippen molar-refractivity contribution in [3.8, 4) is 11.3 Å². The van der Waals surface area contributed by atoms with Crippen LogP contribution in [-0.4, -0.2) is 15.8 Å². The summed E-state index contributed by atoms with van der Waals surface area (Å²) in [6.45, 7) is 0. The summed E-state index contributed by atoms with van der Waals surface area (Å²) in [5.41, 5.74) is 2.24. The molecule has 1 aromatic heterocycles. The first kappa shape index (κ1) is 21.6. The van der Waals surface area contributed by atoms with Crippen LogP contribution in [0.5, 0.6) is 0 Å². The number of rotatable bonds is 4. The Kier molecular flexibility index (Phi) is 5.71. The second-order valence-corrected chi connectivity index (χ2v) is 7.46. The molecular formula is C23H15ClF3N3O2. The first-order chi connectivity index (χ1) is 15.2. The molecule has 0 unspecified atom stereocenters. The molecule has 0 aliphatic carbocycles. The van der Waals surface area contributed by atoms with E-state index in [1.165, 1.54) is 12.1 Å². The second kappa shape index (κ2) is 8.47. The van der Waals surface area contributed by atoms with E-state index >= 15 is 0 Å². The lowest BCUT2D eigenvalue weighted by Gasteiger charge is -2.13. The highest BCUT2D eigenvalue weighted by atomic mass is 35.5. The summed E-state index contributed by atoms with van der Waals surface area (Å²) in [5.74, 6) is -0.684. The van der Waals surface area contributed by atoms with Crippen LogP contribution in [-0.2, 0) is 17.4 Å². The van der Waals surface area contributed by atoms with Crippen LogP contribution in [0.4, 0.5) is 13.2 Å². The molecule has 162 valence electrons. The number of halogens is 4. The van der Waals surface area contributed by atoms with Crippen molar-refractivity contribution in [1.29, 1.82) is 0 Å². The van der Waals surface area contributed by atoms with Crippen LogP contribution >= 0.6 is 11.6 Å². The van der Waals surface area contributed by atoms with Gasteiger partial charge in [-0.05, 0) is 29.8 Å². The summed E-state index contributed by atoms with van der Waals surface area (Å²) < 4.78 is 38.8. The molecule has 4 rings (SSSR count). The summed E-state index contributed by atoms with van der Waals surface area (Å²) in [5, 5.41) is 5.73. The van der Waals surface area contributed by atoms with Gasteiger partial charge in [-0.3, -0.25) is 9.59 Å². The molecule has 0 atom stereocenters. The van der Waals surface area contributed by atoms with Gasteiger partial charge in [-0.25, -0.2) is 5.43 Å². The molecule has 32 heavy (non-hydrogen) atoms. The van der Waals surface area contributed by atoms with E-state index in [0.29, 0.717) is 27.1 Å². The molecular weight excluding hydrogens is 443 g/mol. The Morgan fingerprint density at radius 1 is 0.969 bits per heavy atom. The van der Waals surface area contributed by atoms with Gasteiger partial charge in [-0.15, -0.1) is 9.89 Å². The third kappa shape index (κ3) is 4.50. The maximum Gasteiger partial charge on any atom is 0.416 e. The zero-order chi connectivity index (χ0) is 22.9. The molecule has 0 spiro atoms. The zero-order valence-corrected chi connectivity index (χ0v) is 17.1. The van der Waals surface area contributed by atoms with Crippen LogP contribution in [0, 0.1) is 0 Å². The van der Waals surface area contributed by atoms with Gasteiger partial charge in [0.05, 0.1) is 17.4 Å². The Bertz CT molecular complexity index is 1370. The minimum atomic E-state index is -4.52. The van der Waals surface area contributed by atoms with Crippen molar-refractivity contribution >= 4 is 28.3 Å². The van der Waals surface area contributed by atoms with Gasteiger partial charge in [0.2, 0.25) is 5.91 Å². The predicted molar refractivity (Wildman–Crippen MR) is 116 cm³/mol. The largest absolute Gasteiger partial charge is 0.416 e. The molecule has 0 radical (unpaired) electrons. The van der Waals surface area contributed by atoms with Gasteiger partial charge in [0.1, 0.15) is 5.69 Å². The summed E-state index contributed by atoms with van der Waals surface area (Å²) in [4.78, 5) is 26.2. The molecule has 0 saturated heterocycles. The average Bonchev–Trinajstić information content (AvgIpc) is 2.76.